The number of carbonyl (C=O) groups is 1. The van der Waals surface area contributed by atoms with Crippen molar-refractivity contribution in [1.82, 2.24) is 14.5 Å². The van der Waals surface area contributed by atoms with Crippen LogP contribution in [0.2, 0.25) is 0 Å². The second kappa shape index (κ2) is 7.87. The van der Waals surface area contributed by atoms with Gasteiger partial charge in [0, 0.05) is 25.4 Å². The van der Waals surface area contributed by atoms with Gasteiger partial charge in [-0.05, 0) is 61.7 Å². The molecule has 2 aliphatic heterocycles. The summed E-state index contributed by atoms with van der Waals surface area (Å²) in [5.41, 5.74) is 2.75. The van der Waals surface area contributed by atoms with Crippen molar-refractivity contribution in [3.8, 4) is 0 Å². The van der Waals surface area contributed by atoms with Gasteiger partial charge in [0.05, 0.1) is 12.3 Å². The summed E-state index contributed by atoms with van der Waals surface area (Å²) in [6.07, 6.45) is 4.89. The number of rotatable bonds is 4. The molecule has 148 valence electrons. The van der Waals surface area contributed by atoms with Crippen molar-refractivity contribution >= 4 is 11.6 Å². The fraction of sp³-hybridized carbons (Fsp3) is 0.455. The predicted molar refractivity (Wildman–Crippen MR) is 107 cm³/mol. The highest BCUT2D eigenvalue weighted by Gasteiger charge is 2.35. The van der Waals surface area contributed by atoms with E-state index < -0.39 is 0 Å². The molecule has 0 bridgehead atoms. The lowest BCUT2D eigenvalue weighted by Gasteiger charge is -2.31. The zero-order valence-electron chi connectivity index (χ0n) is 16.5. The van der Waals surface area contributed by atoms with Gasteiger partial charge >= 0.3 is 0 Å². The minimum atomic E-state index is -0.270. The predicted octanol–water partition coefficient (Wildman–Crippen LogP) is 3.57. The van der Waals surface area contributed by atoms with E-state index in [4.69, 9.17) is 0 Å². The van der Waals surface area contributed by atoms with Crippen molar-refractivity contribution in [3.05, 3.63) is 59.7 Å². The fourth-order valence-corrected chi connectivity index (χ4v) is 4.09. The molecule has 2 aromatic rings. The number of carbonyl (C=O) groups excluding carboxylic acids is 1. The first-order chi connectivity index (χ1) is 13.5. The lowest BCUT2D eigenvalue weighted by Crippen LogP contribution is -2.41. The molecule has 1 atom stereocenters. The Morgan fingerprint density at radius 3 is 2.54 bits per heavy atom. The van der Waals surface area contributed by atoms with Crippen molar-refractivity contribution in [2.75, 3.05) is 19.6 Å². The van der Waals surface area contributed by atoms with Gasteiger partial charge in [-0.3, -0.25) is 9.69 Å². The molecule has 28 heavy (non-hydrogen) atoms. The Bertz CT molecular complexity index is 865. The third-order valence-corrected chi connectivity index (χ3v) is 5.90. The number of halogens is 1. The van der Waals surface area contributed by atoms with E-state index in [1.165, 1.54) is 12.1 Å². The standard InChI is InChI=1S/C22H27FN4O/c1-16-9-12-26(13-10-16)15-22(28)27-21(20-4-3-11-25(20)2)14-19(24-27)17-5-7-18(23)8-6-17/h3-8,11,16,21H,9-10,12-15H2,1-2H3. The zero-order chi connectivity index (χ0) is 19.7. The first-order valence-electron chi connectivity index (χ1n) is 10.0. The molecule has 1 fully saturated rings. The van der Waals surface area contributed by atoms with E-state index in [-0.39, 0.29) is 17.8 Å². The molecule has 1 saturated heterocycles. The van der Waals surface area contributed by atoms with Crippen molar-refractivity contribution in [3.63, 3.8) is 0 Å². The number of aryl methyl sites for hydroxylation is 1. The van der Waals surface area contributed by atoms with Gasteiger partial charge in [0.25, 0.3) is 5.91 Å². The fourth-order valence-electron chi connectivity index (χ4n) is 4.09. The summed E-state index contributed by atoms with van der Waals surface area (Å²) >= 11 is 0. The average Bonchev–Trinajstić information content (AvgIpc) is 3.30. The van der Waals surface area contributed by atoms with E-state index >= 15 is 0 Å². The van der Waals surface area contributed by atoms with Crippen LogP contribution in [0.1, 0.15) is 43.5 Å². The summed E-state index contributed by atoms with van der Waals surface area (Å²) in [4.78, 5) is 15.4. The number of likely N-dealkylation sites (tertiary alicyclic amines) is 1. The molecule has 1 amide bonds. The summed E-state index contributed by atoms with van der Waals surface area (Å²) in [6, 6.07) is 10.2. The van der Waals surface area contributed by atoms with Crippen LogP contribution in [0.15, 0.2) is 47.7 Å². The first kappa shape index (κ1) is 18.9. The van der Waals surface area contributed by atoms with E-state index in [0.717, 1.165) is 48.8 Å². The minimum absolute atomic E-state index is 0.0258. The number of hydrogen-bond donors (Lipinski definition) is 0. The maximum Gasteiger partial charge on any atom is 0.257 e. The summed E-state index contributed by atoms with van der Waals surface area (Å²) < 4.78 is 15.3. The monoisotopic (exact) mass is 382 g/mol. The summed E-state index contributed by atoms with van der Waals surface area (Å²) in [5.74, 6) is 0.490. The Hall–Kier alpha value is -2.47. The Kier molecular flexibility index (Phi) is 5.31. The number of piperidine rings is 1. The number of aromatic nitrogens is 1. The molecule has 1 aromatic heterocycles. The molecular formula is C22H27FN4O. The van der Waals surface area contributed by atoms with Crippen molar-refractivity contribution in [2.45, 2.75) is 32.2 Å². The van der Waals surface area contributed by atoms with Gasteiger partial charge in [-0.1, -0.05) is 19.1 Å². The van der Waals surface area contributed by atoms with Crippen molar-refractivity contribution in [2.24, 2.45) is 18.1 Å². The number of hydrazone groups is 1. The maximum absolute atomic E-state index is 13.3. The van der Waals surface area contributed by atoms with Gasteiger partial charge in [-0.25, -0.2) is 9.40 Å². The van der Waals surface area contributed by atoms with Crippen LogP contribution in [-0.2, 0) is 11.8 Å². The average molecular weight is 382 g/mol. The third kappa shape index (κ3) is 3.87. The quantitative estimate of drug-likeness (QED) is 0.811. The maximum atomic E-state index is 13.3. The molecule has 4 rings (SSSR count). The summed E-state index contributed by atoms with van der Waals surface area (Å²) in [5, 5.41) is 6.33. The van der Waals surface area contributed by atoms with Crippen LogP contribution in [0.5, 0.6) is 0 Å². The van der Waals surface area contributed by atoms with Gasteiger partial charge in [-0.15, -0.1) is 0 Å². The Morgan fingerprint density at radius 1 is 1.18 bits per heavy atom. The van der Waals surface area contributed by atoms with Crippen LogP contribution in [0, 0.1) is 11.7 Å². The molecule has 3 heterocycles. The van der Waals surface area contributed by atoms with E-state index in [9.17, 15) is 9.18 Å². The molecule has 5 nitrogen and oxygen atoms in total. The van der Waals surface area contributed by atoms with E-state index in [1.54, 1.807) is 17.1 Å². The summed E-state index contributed by atoms with van der Waals surface area (Å²) in [7, 11) is 1.99. The second-order valence-electron chi connectivity index (χ2n) is 8.01. The molecule has 1 aromatic carbocycles. The van der Waals surface area contributed by atoms with Crippen LogP contribution >= 0.6 is 0 Å². The molecular weight excluding hydrogens is 355 g/mol. The molecule has 1 unspecified atom stereocenters. The van der Waals surface area contributed by atoms with Crippen LogP contribution in [0.25, 0.3) is 0 Å². The molecule has 0 spiro atoms. The first-order valence-corrected chi connectivity index (χ1v) is 10.0. The number of nitrogens with zero attached hydrogens (tertiary/aromatic N) is 4. The van der Waals surface area contributed by atoms with Crippen LogP contribution in [0.4, 0.5) is 4.39 Å². The molecule has 0 saturated carbocycles. The van der Waals surface area contributed by atoms with E-state index in [1.807, 2.05) is 29.9 Å². The largest absolute Gasteiger partial charge is 0.353 e. The zero-order valence-corrected chi connectivity index (χ0v) is 16.5. The molecule has 0 N–H and O–H groups in total. The highest BCUT2D eigenvalue weighted by molar-refractivity contribution is 6.03. The van der Waals surface area contributed by atoms with Gasteiger partial charge in [0.1, 0.15) is 11.9 Å². The van der Waals surface area contributed by atoms with Crippen LogP contribution in [-0.4, -0.2) is 45.7 Å². The normalized spacial score (nSPS) is 21.2. The van der Waals surface area contributed by atoms with Gasteiger partial charge in [0.2, 0.25) is 0 Å². The van der Waals surface area contributed by atoms with Gasteiger partial charge < -0.3 is 4.57 Å². The van der Waals surface area contributed by atoms with Crippen LogP contribution < -0.4 is 0 Å². The van der Waals surface area contributed by atoms with Crippen molar-refractivity contribution in [1.29, 1.82) is 0 Å². The molecule has 0 aliphatic carbocycles. The van der Waals surface area contributed by atoms with Crippen molar-refractivity contribution < 1.29 is 9.18 Å². The lowest BCUT2D eigenvalue weighted by atomic mass is 9.99. The third-order valence-electron chi connectivity index (χ3n) is 5.90. The topological polar surface area (TPSA) is 40.8 Å². The Balaban J connectivity index is 1.57. The highest BCUT2D eigenvalue weighted by Crippen LogP contribution is 2.33. The molecule has 0 radical (unpaired) electrons. The minimum Gasteiger partial charge on any atom is -0.353 e. The highest BCUT2D eigenvalue weighted by atomic mass is 19.1. The van der Waals surface area contributed by atoms with Gasteiger partial charge in [-0.2, -0.15) is 5.10 Å². The molecule has 6 heteroatoms. The summed E-state index contributed by atoms with van der Waals surface area (Å²) in [6.45, 7) is 4.59. The second-order valence-corrected chi connectivity index (χ2v) is 8.01. The number of amides is 1. The SMILES string of the molecule is CC1CCN(CC(=O)N2N=C(c3ccc(F)cc3)CC2c2cccn2C)CC1. The van der Waals surface area contributed by atoms with E-state index in [2.05, 4.69) is 16.9 Å². The Labute approximate surface area is 165 Å². The smallest absolute Gasteiger partial charge is 0.257 e. The Morgan fingerprint density at radius 2 is 1.89 bits per heavy atom. The number of benzene rings is 1. The lowest BCUT2D eigenvalue weighted by molar-refractivity contribution is -0.134. The van der Waals surface area contributed by atoms with Crippen LogP contribution in [0.3, 0.4) is 0 Å². The van der Waals surface area contributed by atoms with E-state index in [0.29, 0.717) is 13.0 Å². The number of hydrogen-bond acceptors (Lipinski definition) is 3. The van der Waals surface area contributed by atoms with Gasteiger partial charge in [0.15, 0.2) is 0 Å². The molecule has 2 aliphatic rings.